The first-order valence-corrected chi connectivity index (χ1v) is 51.6. The van der Waals surface area contributed by atoms with Crippen molar-refractivity contribution in [2.75, 3.05) is 20.8 Å². The van der Waals surface area contributed by atoms with Crippen molar-refractivity contribution in [3.05, 3.63) is 404 Å². The van der Waals surface area contributed by atoms with Gasteiger partial charge in [-0.15, -0.1) is 17.8 Å². The Bertz CT molecular complexity index is 8730. The first-order valence-electron chi connectivity index (χ1n) is 45.8. The van der Waals surface area contributed by atoms with E-state index in [1.165, 1.54) is 87.0 Å². The number of carbonyl (C=O) groups excluding carboxylic acids is 4. The lowest BCUT2D eigenvalue weighted by Crippen LogP contribution is -2.25. The van der Waals surface area contributed by atoms with E-state index in [9.17, 15) is 55.7 Å². The Morgan fingerprint density at radius 3 is 1.44 bits per heavy atom. The van der Waals surface area contributed by atoms with Crippen molar-refractivity contribution in [1.29, 1.82) is 5.26 Å². The second kappa shape index (κ2) is 44.5. The molecule has 0 bridgehead atoms. The summed E-state index contributed by atoms with van der Waals surface area (Å²) in [6.07, 6.45) is 14.5. The highest BCUT2D eigenvalue weighted by Gasteiger charge is 2.47. The molecule has 734 valence electrons. The molecule has 2 aliphatic rings. The van der Waals surface area contributed by atoms with Crippen LogP contribution in [0.15, 0.2) is 288 Å². The Balaban J connectivity index is 0.000000131. The third-order valence-electron chi connectivity index (χ3n) is 25.3. The summed E-state index contributed by atoms with van der Waals surface area (Å²) in [6.45, 7) is 22.3. The average molecular weight is 2060 g/mol. The number of hydrogen-bond donors (Lipinski definition) is 2. The second-order valence-corrected chi connectivity index (χ2v) is 41.6. The number of fused-ring (bicyclic) bond motifs is 6. The van der Waals surface area contributed by atoms with Gasteiger partial charge in [0.05, 0.1) is 78.6 Å². The van der Waals surface area contributed by atoms with Crippen LogP contribution in [0.3, 0.4) is 0 Å². The third-order valence-corrected chi connectivity index (χ3v) is 31.2. The van der Waals surface area contributed by atoms with Crippen LogP contribution < -0.4 is 30.5 Å². The van der Waals surface area contributed by atoms with Crippen LogP contribution in [0.2, 0.25) is 0 Å². The minimum Gasteiger partial charge on any atom is -0.496 e. The average Bonchev–Trinajstić information content (AvgIpc) is 1.58. The number of allylic oxidation sites excluding steroid dienone is 2. The number of rotatable bonds is 18. The summed E-state index contributed by atoms with van der Waals surface area (Å²) in [4.78, 5) is 92.3. The maximum atomic E-state index is 12.9. The van der Waals surface area contributed by atoms with Gasteiger partial charge in [0.25, 0.3) is 36.7 Å². The molecule has 12 aromatic carbocycles. The molecule has 20 rings (SSSR count). The van der Waals surface area contributed by atoms with Crippen LogP contribution in [0.5, 0.6) is 17.2 Å². The molecular formula is C113H99N9O16S7. The van der Waals surface area contributed by atoms with E-state index in [0.717, 1.165) is 104 Å². The number of imidazole rings is 2. The highest BCUT2D eigenvalue weighted by molar-refractivity contribution is 7.93. The molecule has 0 saturated heterocycles. The third kappa shape index (κ3) is 23.2. The van der Waals surface area contributed by atoms with Crippen LogP contribution in [0, 0.1) is 125 Å². The number of thiazole rings is 2. The number of H-pyrrole nitrogens is 2. The zero-order valence-electron chi connectivity index (χ0n) is 81.2. The fraction of sp³-hybridized carbons (Fsp3) is 0.177. The van der Waals surface area contributed by atoms with E-state index in [2.05, 4.69) is 80.0 Å². The number of nitrogens with one attached hydrogen (secondary N) is 2. The Hall–Kier alpha value is -15.7. The zero-order chi connectivity index (χ0) is 104. The number of oxazole rings is 2. The minimum absolute atomic E-state index is 0.00318. The number of nitrogens with zero attached hydrogens (tertiary/aromatic N) is 7. The lowest BCUT2D eigenvalue weighted by Gasteiger charge is -2.09. The molecule has 4 unspecified atom stereocenters. The standard InChI is InChI=1S/C21H14N2O3S.C19H18N2O2.C19H18N2OS.C18H17NO4S2.C18H17NO3S3.C18H15NO3/c1-3-10-25-18-9-8-15(11-14(18)2)12-16(13-22)20(24)23-17-6-4-5-7-19(17)26-21(23)27;2*1-11-7-8-13(9-12(11)2)14-10-15(14)18(22)21-17-6-4-3-5-16(17)20-19(21)23;1-12-10-14(11-16(23-3)13(12)2)8-9-25(21,22)19-15-6-4-5-7-17(15)24-18(19)20;1-12-10-14(11-16(22-3)13(12)2)8-9-25(20,21)19-15-6-4-5-7-17(15)24-18(19)23;1-12-7-8-14(11-13(12)2)9-10-17(20)19-15-5-3-4-6-16(15)22-18(19)21/h1,4-9,11-12H,10H2,2H3;2*3-9,14-15H,10H2,1-2H3,(H,20,23);2*4-11H,1-3H3;3-11H,1-2H3/b16-12+;;;2*9-8+;10-9+. The van der Waals surface area contributed by atoms with Gasteiger partial charge in [-0.2, -0.15) is 9.23 Å². The fourth-order valence-corrected chi connectivity index (χ4v) is 22.6. The molecule has 2 N–H and O–H groups in total. The van der Waals surface area contributed by atoms with Gasteiger partial charge in [-0.1, -0.05) is 163 Å². The Kier molecular flexibility index (Phi) is 31.8. The van der Waals surface area contributed by atoms with Crippen LogP contribution >= 0.6 is 59.3 Å². The van der Waals surface area contributed by atoms with E-state index >= 15 is 0 Å². The minimum atomic E-state index is -3.92. The van der Waals surface area contributed by atoms with Gasteiger partial charge in [-0.25, -0.2) is 44.1 Å². The van der Waals surface area contributed by atoms with Crippen molar-refractivity contribution < 1.29 is 59.1 Å². The maximum absolute atomic E-state index is 12.9. The number of carbonyl (C=O) groups is 4. The summed E-state index contributed by atoms with van der Waals surface area (Å²) < 4.78 is 87.0. The van der Waals surface area contributed by atoms with Crippen molar-refractivity contribution in [3.63, 3.8) is 0 Å². The number of nitriles is 1. The first-order chi connectivity index (χ1) is 69.4. The summed E-state index contributed by atoms with van der Waals surface area (Å²) in [6, 6.07) is 76.4. The van der Waals surface area contributed by atoms with Gasteiger partial charge in [0.15, 0.2) is 19.9 Å². The molecule has 32 heteroatoms. The monoisotopic (exact) mass is 2060 g/mol. The molecule has 25 nitrogen and oxygen atoms in total. The quantitative estimate of drug-likeness (QED) is 0.0349. The van der Waals surface area contributed by atoms with Crippen molar-refractivity contribution in [1.82, 2.24) is 36.2 Å². The number of hydrogen-bond acceptors (Lipinski definition) is 22. The number of aromatic amines is 2. The molecule has 18 aromatic rings. The number of terminal acetylenes is 1. The summed E-state index contributed by atoms with van der Waals surface area (Å²) >= 11 is 18.0. The SMILES string of the molecule is C#CCOc1ccc(/C=C(\C#N)C(=O)n2c(=S)oc3ccccc32)cc1C.COc1cc(/C=C/S(=O)(=O)n2c(=O)sc3ccccc32)cc(C)c1C.COc1cc(/C=C/S(=O)(=O)n2c(=S)sc3ccccc32)cc(C)c1C.Cc1ccc(/C=C/C(=O)n2c(=O)oc3ccccc32)cc1C.Cc1ccc(C2CC2C(=O)n2c(=O)[nH]c3ccccc32)cc1C.Cc1ccc(C2CC2C(=O)n2c(=S)[nH]c3ccccc32)cc1C. The van der Waals surface area contributed by atoms with Crippen molar-refractivity contribution >= 4 is 192 Å². The molecule has 6 aromatic heterocycles. The fourth-order valence-electron chi connectivity index (χ4n) is 16.6. The van der Waals surface area contributed by atoms with Crippen LogP contribution in [0.4, 0.5) is 0 Å². The highest BCUT2D eigenvalue weighted by atomic mass is 32.2. The normalized spacial score (nSPS) is 14.3. The molecular weight excluding hydrogens is 1960 g/mol. The van der Waals surface area contributed by atoms with Crippen molar-refractivity contribution in [2.24, 2.45) is 11.8 Å². The van der Waals surface area contributed by atoms with E-state index in [4.69, 9.17) is 66.1 Å². The van der Waals surface area contributed by atoms with Gasteiger partial charge < -0.3 is 33.0 Å². The number of aromatic nitrogens is 8. The van der Waals surface area contributed by atoms with Crippen LogP contribution in [-0.4, -0.2) is 97.5 Å². The van der Waals surface area contributed by atoms with E-state index in [1.807, 2.05) is 152 Å². The van der Waals surface area contributed by atoms with Crippen molar-refractivity contribution in [3.8, 4) is 35.7 Å². The van der Waals surface area contributed by atoms with Crippen molar-refractivity contribution in [2.45, 2.75) is 101 Å². The first kappa shape index (κ1) is 104. The van der Waals surface area contributed by atoms with Gasteiger partial charge in [0.2, 0.25) is 11.8 Å². The summed E-state index contributed by atoms with van der Waals surface area (Å²) in [5.41, 5.74) is 23.4. The number of para-hydroxylation sites is 10. The zero-order valence-corrected chi connectivity index (χ0v) is 86.9. The molecule has 4 atom stereocenters. The van der Waals surface area contributed by atoms with Gasteiger partial charge in [0.1, 0.15) is 35.5 Å². The molecule has 0 amide bonds. The molecule has 2 saturated carbocycles. The molecule has 0 radical (unpaired) electrons. The van der Waals surface area contributed by atoms with Gasteiger partial charge in [-0.3, -0.25) is 28.5 Å². The molecule has 0 spiro atoms. The number of benzene rings is 12. The van der Waals surface area contributed by atoms with E-state index < -0.39 is 42.5 Å². The van der Waals surface area contributed by atoms with Crippen LogP contribution in [0.25, 0.3) is 89.0 Å². The predicted octanol–water partition coefficient (Wildman–Crippen LogP) is 24.7. The topological polar surface area (TPSA) is 327 Å². The van der Waals surface area contributed by atoms with Gasteiger partial charge >= 0.3 is 16.3 Å². The number of methoxy groups -OCH3 is 2. The van der Waals surface area contributed by atoms with E-state index in [-0.39, 0.29) is 52.3 Å². The summed E-state index contributed by atoms with van der Waals surface area (Å²) in [5.74, 6) is 3.32. The molecule has 6 heterocycles. The number of ether oxygens (including phenoxy) is 3. The Labute approximate surface area is 859 Å². The lowest BCUT2D eigenvalue weighted by atomic mass is 10.0. The van der Waals surface area contributed by atoms with Crippen LogP contribution in [-0.2, 0) is 20.0 Å². The molecule has 2 aliphatic carbocycles. The van der Waals surface area contributed by atoms with E-state index in [0.29, 0.717) is 86.2 Å². The van der Waals surface area contributed by atoms with Crippen LogP contribution in [0.1, 0.15) is 138 Å². The van der Waals surface area contributed by atoms with Gasteiger partial charge in [-0.05, 0) is 353 Å². The lowest BCUT2D eigenvalue weighted by molar-refractivity contribution is 0.0877. The largest absolute Gasteiger partial charge is 0.496 e. The highest BCUT2D eigenvalue weighted by Crippen LogP contribution is 2.50. The maximum Gasteiger partial charge on any atom is 0.427 e. The second-order valence-electron chi connectivity index (χ2n) is 34.9. The van der Waals surface area contributed by atoms with Gasteiger partial charge in [0, 0.05) is 17.9 Å². The molecule has 0 aliphatic heterocycles. The smallest absolute Gasteiger partial charge is 0.427 e. The van der Waals surface area contributed by atoms with E-state index in [1.54, 1.807) is 140 Å². The Morgan fingerprint density at radius 2 is 0.910 bits per heavy atom. The summed E-state index contributed by atoms with van der Waals surface area (Å²) in [7, 11) is -4.46. The molecule has 145 heavy (non-hydrogen) atoms. The predicted molar refractivity (Wildman–Crippen MR) is 584 cm³/mol. The Morgan fingerprint density at radius 1 is 0.462 bits per heavy atom. The number of aryl methyl sites for hydroxylation is 9. The summed E-state index contributed by atoms with van der Waals surface area (Å²) in [5, 5.41) is 11.7. The molecule has 2 fully saturated rings.